The molecule has 0 amide bonds. The van der Waals surface area contributed by atoms with Gasteiger partial charge in [-0.25, -0.2) is 0 Å². The Kier molecular flexibility index (Phi) is 3.28. The topological polar surface area (TPSA) is 34.5 Å². The van der Waals surface area contributed by atoms with Crippen LogP contribution in [0.3, 0.4) is 0 Å². The molecule has 0 bridgehead atoms. The minimum atomic E-state index is 0.766. The van der Waals surface area contributed by atoms with Gasteiger partial charge < -0.3 is 4.74 Å². The molecule has 0 saturated carbocycles. The first-order valence-corrected chi connectivity index (χ1v) is 4.97. The van der Waals surface area contributed by atoms with Crippen LogP contribution in [0.2, 0.25) is 0 Å². The second-order valence-electron chi connectivity index (χ2n) is 3.22. The molecule has 0 aliphatic heterocycles. The number of hydrogen-bond acceptors (Lipinski definition) is 3. The third kappa shape index (κ3) is 2.45. The number of benzene rings is 1. The van der Waals surface area contributed by atoms with E-state index in [0.717, 1.165) is 17.0 Å². The molecule has 0 saturated heterocycles. The van der Waals surface area contributed by atoms with Gasteiger partial charge in [-0.3, -0.25) is 9.98 Å². The van der Waals surface area contributed by atoms with Gasteiger partial charge in [0, 0.05) is 24.2 Å². The number of methoxy groups -OCH3 is 1. The Morgan fingerprint density at radius 3 is 2.81 bits per heavy atom. The number of nitrogens with zero attached hydrogens (tertiary/aromatic N) is 2. The summed E-state index contributed by atoms with van der Waals surface area (Å²) < 4.78 is 5.20. The molecule has 2 rings (SSSR count). The smallest absolute Gasteiger partial charge is 0.144 e. The van der Waals surface area contributed by atoms with Crippen LogP contribution in [0.1, 0.15) is 5.56 Å². The summed E-state index contributed by atoms with van der Waals surface area (Å²) in [5.74, 6) is 0.766. The monoisotopic (exact) mass is 212 g/mol. The first kappa shape index (κ1) is 10.4. The summed E-state index contributed by atoms with van der Waals surface area (Å²) in [7, 11) is 1.64. The lowest BCUT2D eigenvalue weighted by molar-refractivity contribution is 0.416. The quantitative estimate of drug-likeness (QED) is 0.733. The van der Waals surface area contributed by atoms with Gasteiger partial charge in [-0.15, -0.1) is 0 Å². The Hall–Kier alpha value is -2.16. The lowest BCUT2D eigenvalue weighted by Crippen LogP contribution is -1.84. The second kappa shape index (κ2) is 5.07. The lowest BCUT2D eigenvalue weighted by atomic mass is 10.3. The predicted octanol–water partition coefficient (Wildman–Crippen LogP) is 2.84. The average molecular weight is 212 g/mol. The van der Waals surface area contributed by atoms with E-state index in [1.807, 2.05) is 36.4 Å². The standard InChI is InChI=1S/C13H12N2O/c1-16-13-7-3-2-6-12(13)15-10-11-5-4-8-14-9-11/h2-10H,1H3. The molecule has 1 heterocycles. The van der Waals surface area contributed by atoms with Gasteiger partial charge >= 0.3 is 0 Å². The van der Waals surface area contributed by atoms with Crippen LogP contribution in [-0.2, 0) is 0 Å². The number of rotatable bonds is 3. The molecule has 3 heteroatoms. The highest BCUT2D eigenvalue weighted by atomic mass is 16.5. The third-order valence-electron chi connectivity index (χ3n) is 2.12. The van der Waals surface area contributed by atoms with Gasteiger partial charge in [-0.1, -0.05) is 18.2 Å². The van der Waals surface area contributed by atoms with Crippen LogP contribution < -0.4 is 4.74 Å². The normalized spacial score (nSPS) is 10.6. The Morgan fingerprint density at radius 2 is 2.06 bits per heavy atom. The van der Waals surface area contributed by atoms with Crippen LogP contribution in [0.5, 0.6) is 5.75 Å². The molecule has 2 aromatic rings. The molecule has 0 radical (unpaired) electrons. The summed E-state index contributed by atoms with van der Waals surface area (Å²) in [5, 5.41) is 0. The van der Waals surface area contributed by atoms with Gasteiger partial charge in [0.25, 0.3) is 0 Å². The van der Waals surface area contributed by atoms with Crippen molar-refractivity contribution in [1.29, 1.82) is 0 Å². The highest BCUT2D eigenvalue weighted by Gasteiger charge is 1.97. The van der Waals surface area contributed by atoms with E-state index in [1.165, 1.54) is 0 Å². The number of ether oxygens (including phenoxy) is 1. The molecule has 0 aliphatic carbocycles. The zero-order valence-corrected chi connectivity index (χ0v) is 9.00. The van der Waals surface area contributed by atoms with Crippen molar-refractivity contribution in [2.24, 2.45) is 4.99 Å². The molecule has 1 aromatic carbocycles. The van der Waals surface area contributed by atoms with Gasteiger partial charge in [0.1, 0.15) is 11.4 Å². The fraction of sp³-hybridized carbons (Fsp3) is 0.0769. The van der Waals surface area contributed by atoms with Crippen LogP contribution in [0.25, 0.3) is 0 Å². The van der Waals surface area contributed by atoms with E-state index < -0.39 is 0 Å². The molecule has 80 valence electrons. The summed E-state index contributed by atoms with van der Waals surface area (Å²) in [6.07, 6.45) is 5.27. The van der Waals surface area contributed by atoms with Gasteiger partial charge in [0.15, 0.2) is 0 Å². The van der Waals surface area contributed by atoms with E-state index >= 15 is 0 Å². The van der Waals surface area contributed by atoms with Gasteiger partial charge in [-0.05, 0) is 18.2 Å². The second-order valence-corrected chi connectivity index (χ2v) is 3.22. The van der Waals surface area contributed by atoms with Crippen molar-refractivity contribution < 1.29 is 4.74 Å². The zero-order valence-electron chi connectivity index (χ0n) is 9.00. The maximum atomic E-state index is 5.20. The number of para-hydroxylation sites is 2. The van der Waals surface area contributed by atoms with Crippen molar-refractivity contribution in [3.8, 4) is 5.75 Å². The molecule has 0 spiro atoms. The zero-order chi connectivity index (χ0) is 11.2. The van der Waals surface area contributed by atoms with Crippen molar-refractivity contribution in [2.45, 2.75) is 0 Å². The highest BCUT2D eigenvalue weighted by Crippen LogP contribution is 2.25. The van der Waals surface area contributed by atoms with Crippen molar-refractivity contribution in [3.05, 3.63) is 54.4 Å². The van der Waals surface area contributed by atoms with Crippen molar-refractivity contribution >= 4 is 11.9 Å². The van der Waals surface area contributed by atoms with Crippen molar-refractivity contribution in [3.63, 3.8) is 0 Å². The highest BCUT2D eigenvalue weighted by molar-refractivity contribution is 5.82. The summed E-state index contributed by atoms with van der Waals surface area (Å²) in [6.45, 7) is 0. The molecule has 16 heavy (non-hydrogen) atoms. The fourth-order valence-electron chi connectivity index (χ4n) is 1.33. The van der Waals surface area contributed by atoms with E-state index in [-0.39, 0.29) is 0 Å². The van der Waals surface area contributed by atoms with E-state index in [2.05, 4.69) is 9.98 Å². The molecule has 0 fully saturated rings. The summed E-state index contributed by atoms with van der Waals surface area (Å²) in [6, 6.07) is 11.5. The number of aromatic nitrogens is 1. The number of pyridine rings is 1. The molecule has 0 aliphatic rings. The first-order valence-electron chi connectivity index (χ1n) is 4.97. The predicted molar refractivity (Wildman–Crippen MR) is 64.5 cm³/mol. The largest absolute Gasteiger partial charge is 0.494 e. The number of hydrogen-bond donors (Lipinski definition) is 0. The van der Waals surface area contributed by atoms with E-state index in [9.17, 15) is 0 Å². The van der Waals surface area contributed by atoms with Crippen LogP contribution in [0.4, 0.5) is 5.69 Å². The van der Waals surface area contributed by atoms with Crippen LogP contribution in [0, 0.1) is 0 Å². The first-order chi connectivity index (χ1) is 7.90. The van der Waals surface area contributed by atoms with E-state index in [0.29, 0.717) is 0 Å². The Bertz CT molecular complexity index is 480. The minimum absolute atomic E-state index is 0.766. The van der Waals surface area contributed by atoms with E-state index in [4.69, 9.17) is 4.74 Å². The van der Waals surface area contributed by atoms with Crippen molar-refractivity contribution in [1.82, 2.24) is 4.98 Å². The average Bonchev–Trinajstić information content (AvgIpc) is 2.38. The molecule has 0 N–H and O–H groups in total. The third-order valence-corrected chi connectivity index (χ3v) is 2.12. The fourth-order valence-corrected chi connectivity index (χ4v) is 1.33. The van der Waals surface area contributed by atoms with Crippen LogP contribution in [-0.4, -0.2) is 18.3 Å². The lowest BCUT2D eigenvalue weighted by Gasteiger charge is -2.02. The molecule has 3 nitrogen and oxygen atoms in total. The maximum Gasteiger partial charge on any atom is 0.144 e. The number of aliphatic imine (C=N–C) groups is 1. The Morgan fingerprint density at radius 1 is 1.19 bits per heavy atom. The van der Waals surface area contributed by atoms with Crippen LogP contribution in [0.15, 0.2) is 53.8 Å². The summed E-state index contributed by atoms with van der Waals surface area (Å²) in [4.78, 5) is 8.37. The maximum absolute atomic E-state index is 5.20. The summed E-state index contributed by atoms with van der Waals surface area (Å²) >= 11 is 0. The molecule has 1 aromatic heterocycles. The van der Waals surface area contributed by atoms with Gasteiger partial charge in [0.05, 0.1) is 7.11 Å². The van der Waals surface area contributed by atoms with Gasteiger partial charge in [-0.2, -0.15) is 0 Å². The molecule has 0 unspecified atom stereocenters. The van der Waals surface area contributed by atoms with Crippen LogP contribution >= 0.6 is 0 Å². The Labute approximate surface area is 94.4 Å². The van der Waals surface area contributed by atoms with E-state index in [1.54, 1.807) is 25.7 Å². The molecular formula is C13H12N2O. The van der Waals surface area contributed by atoms with Gasteiger partial charge in [0.2, 0.25) is 0 Å². The minimum Gasteiger partial charge on any atom is -0.494 e. The molecule has 0 atom stereocenters. The SMILES string of the molecule is COc1ccccc1N=Cc1cccnc1. The summed E-state index contributed by atoms with van der Waals surface area (Å²) in [5.41, 5.74) is 1.78. The Balaban J connectivity index is 2.24. The molecular weight excluding hydrogens is 200 g/mol. The van der Waals surface area contributed by atoms with Crippen molar-refractivity contribution in [2.75, 3.05) is 7.11 Å².